The molecular formula is C12H19N. The zero-order valence-electron chi connectivity index (χ0n) is 9.07. The molecule has 72 valence electrons. The lowest BCUT2D eigenvalue weighted by molar-refractivity contribution is 0.976. The molecule has 1 heteroatoms. The quantitative estimate of drug-likeness (QED) is 0.745. The molecule has 0 aliphatic rings. The van der Waals surface area contributed by atoms with Crippen molar-refractivity contribution in [1.82, 2.24) is 0 Å². The van der Waals surface area contributed by atoms with Crippen molar-refractivity contribution in [3.05, 3.63) is 28.8 Å². The molecule has 0 fully saturated rings. The molecule has 0 heterocycles. The molecular weight excluding hydrogens is 158 g/mol. The first kappa shape index (κ1) is 10.1. The zero-order chi connectivity index (χ0) is 9.84. The third-order valence-corrected chi connectivity index (χ3v) is 2.41. The number of rotatable bonds is 3. The Kier molecular flexibility index (Phi) is 3.35. The van der Waals surface area contributed by atoms with Crippen molar-refractivity contribution < 1.29 is 0 Å². The smallest absolute Gasteiger partial charge is 0.0372 e. The van der Waals surface area contributed by atoms with Crippen LogP contribution in [0.4, 0.5) is 5.69 Å². The van der Waals surface area contributed by atoms with Crippen LogP contribution in [0, 0.1) is 20.8 Å². The Morgan fingerprint density at radius 1 is 1.00 bits per heavy atom. The molecule has 0 spiro atoms. The summed E-state index contributed by atoms with van der Waals surface area (Å²) in [4.78, 5) is 0. The third kappa shape index (κ3) is 2.48. The maximum Gasteiger partial charge on any atom is 0.0372 e. The van der Waals surface area contributed by atoms with Crippen molar-refractivity contribution in [2.24, 2.45) is 0 Å². The number of anilines is 1. The van der Waals surface area contributed by atoms with Crippen LogP contribution in [-0.2, 0) is 0 Å². The molecule has 0 atom stereocenters. The number of hydrogen-bond acceptors (Lipinski definition) is 1. The lowest BCUT2D eigenvalue weighted by Gasteiger charge is -2.11. The summed E-state index contributed by atoms with van der Waals surface area (Å²) in [5.74, 6) is 0. The molecule has 0 unspecified atom stereocenters. The van der Waals surface area contributed by atoms with Crippen LogP contribution in [0.15, 0.2) is 12.1 Å². The van der Waals surface area contributed by atoms with E-state index in [2.05, 4.69) is 45.1 Å². The second-order valence-electron chi connectivity index (χ2n) is 3.68. The van der Waals surface area contributed by atoms with Crippen LogP contribution in [0.1, 0.15) is 30.0 Å². The van der Waals surface area contributed by atoms with Gasteiger partial charge in [-0.1, -0.05) is 13.0 Å². The van der Waals surface area contributed by atoms with E-state index in [1.807, 2.05) is 0 Å². The Balaban J connectivity index is 2.88. The molecule has 0 aromatic heterocycles. The summed E-state index contributed by atoms with van der Waals surface area (Å²) in [6, 6.07) is 4.48. The molecule has 1 aromatic carbocycles. The van der Waals surface area contributed by atoms with E-state index in [0.717, 1.165) is 6.54 Å². The Morgan fingerprint density at radius 2 is 1.62 bits per heavy atom. The van der Waals surface area contributed by atoms with Gasteiger partial charge < -0.3 is 5.32 Å². The average molecular weight is 177 g/mol. The predicted octanol–water partition coefficient (Wildman–Crippen LogP) is 3.43. The summed E-state index contributed by atoms with van der Waals surface area (Å²) < 4.78 is 0. The standard InChI is InChI=1S/C12H19N/c1-5-6-13-12-8-10(3)9(2)7-11(12)4/h7-8,13H,5-6H2,1-4H3. The van der Waals surface area contributed by atoms with E-state index < -0.39 is 0 Å². The Hall–Kier alpha value is -0.980. The topological polar surface area (TPSA) is 12.0 Å². The molecule has 0 saturated carbocycles. The molecule has 0 aliphatic heterocycles. The van der Waals surface area contributed by atoms with Crippen molar-refractivity contribution in [3.63, 3.8) is 0 Å². The van der Waals surface area contributed by atoms with Gasteiger partial charge in [-0.3, -0.25) is 0 Å². The molecule has 0 amide bonds. The van der Waals surface area contributed by atoms with E-state index >= 15 is 0 Å². The van der Waals surface area contributed by atoms with Crippen LogP contribution in [0.2, 0.25) is 0 Å². The molecule has 0 saturated heterocycles. The first-order valence-electron chi connectivity index (χ1n) is 4.97. The Morgan fingerprint density at radius 3 is 2.23 bits per heavy atom. The molecule has 1 N–H and O–H groups in total. The van der Waals surface area contributed by atoms with Gasteiger partial charge >= 0.3 is 0 Å². The van der Waals surface area contributed by atoms with Crippen LogP contribution in [0.5, 0.6) is 0 Å². The maximum atomic E-state index is 3.43. The van der Waals surface area contributed by atoms with Crippen LogP contribution >= 0.6 is 0 Å². The highest BCUT2D eigenvalue weighted by molar-refractivity contribution is 5.54. The van der Waals surface area contributed by atoms with Crippen molar-refractivity contribution in [3.8, 4) is 0 Å². The minimum Gasteiger partial charge on any atom is -0.385 e. The minimum absolute atomic E-state index is 1.06. The normalized spacial score (nSPS) is 10.2. The van der Waals surface area contributed by atoms with Crippen molar-refractivity contribution in [1.29, 1.82) is 0 Å². The summed E-state index contributed by atoms with van der Waals surface area (Å²) in [6.07, 6.45) is 1.17. The van der Waals surface area contributed by atoms with E-state index in [1.54, 1.807) is 0 Å². The van der Waals surface area contributed by atoms with Crippen molar-refractivity contribution in [2.75, 3.05) is 11.9 Å². The first-order valence-corrected chi connectivity index (χ1v) is 4.97. The fourth-order valence-electron chi connectivity index (χ4n) is 1.41. The Labute approximate surface area is 81.2 Å². The largest absolute Gasteiger partial charge is 0.385 e. The number of aryl methyl sites for hydroxylation is 3. The highest BCUT2D eigenvalue weighted by Gasteiger charge is 1.99. The van der Waals surface area contributed by atoms with E-state index in [9.17, 15) is 0 Å². The average Bonchev–Trinajstić information content (AvgIpc) is 2.09. The highest BCUT2D eigenvalue weighted by Crippen LogP contribution is 2.19. The van der Waals surface area contributed by atoms with Gasteiger partial charge in [0.15, 0.2) is 0 Å². The van der Waals surface area contributed by atoms with Gasteiger partial charge in [0.2, 0.25) is 0 Å². The van der Waals surface area contributed by atoms with E-state index in [-0.39, 0.29) is 0 Å². The summed E-state index contributed by atoms with van der Waals surface area (Å²) in [6.45, 7) is 9.72. The highest BCUT2D eigenvalue weighted by atomic mass is 14.9. The summed E-state index contributed by atoms with van der Waals surface area (Å²) in [7, 11) is 0. The lowest BCUT2D eigenvalue weighted by atomic mass is 10.0. The molecule has 1 nitrogen and oxygen atoms in total. The zero-order valence-corrected chi connectivity index (χ0v) is 9.07. The van der Waals surface area contributed by atoms with E-state index in [4.69, 9.17) is 0 Å². The summed E-state index contributed by atoms with van der Waals surface area (Å²) >= 11 is 0. The third-order valence-electron chi connectivity index (χ3n) is 2.41. The lowest BCUT2D eigenvalue weighted by Crippen LogP contribution is -2.02. The van der Waals surface area contributed by atoms with Gasteiger partial charge in [0.1, 0.15) is 0 Å². The fraction of sp³-hybridized carbons (Fsp3) is 0.500. The summed E-state index contributed by atoms with van der Waals surface area (Å²) in [5.41, 5.74) is 5.37. The molecule has 0 aliphatic carbocycles. The van der Waals surface area contributed by atoms with Crippen LogP contribution in [0.3, 0.4) is 0 Å². The molecule has 0 radical (unpaired) electrons. The van der Waals surface area contributed by atoms with E-state index in [1.165, 1.54) is 28.8 Å². The molecule has 1 rings (SSSR count). The maximum absolute atomic E-state index is 3.43. The molecule has 1 aromatic rings. The van der Waals surface area contributed by atoms with Gasteiger partial charge in [0.05, 0.1) is 0 Å². The van der Waals surface area contributed by atoms with Gasteiger partial charge in [0.25, 0.3) is 0 Å². The number of hydrogen-bond donors (Lipinski definition) is 1. The van der Waals surface area contributed by atoms with Crippen molar-refractivity contribution >= 4 is 5.69 Å². The van der Waals surface area contributed by atoms with Gasteiger partial charge in [-0.05, 0) is 49.9 Å². The van der Waals surface area contributed by atoms with Gasteiger partial charge in [-0.25, -0.2) is 0 Å². The van der Waals surface area contributed by atoms with Crippen molar-refractivity contribution in [2.45, 2.75) is 34.1 Å². The van der Waals surface area contributed by atoms with Gasteiger partial charge in [0, 0.05) is 12.2 Å². The molecule has 13 heavy (non-hydrogen) atoms. The predicted molar refractivity (Wildman–Crippen MR) is 59.4 cm³/mol. The number of nitrogens with one attached hydrogen (secondary N) is 1. The van der Waals surface area contributed by atoms with Gasteiger partial charge in [-0.2, -0.15) is 0 Å². The summed E-state index contributed by atoms with van der Waals surface area (Å²) in [5, 5.41) is 3.43. The Bertz CT molecular complexity index is 289. The van der Waals surface area contributed by atoms with Crippen LogP contribution in [-0.4, -0.2) is 6.54 Å². The first-order chi connectivity index (χ1) is 6.15. The minimum atomic E-state index is 1.06. The van der Waals surface area contributed by atoms with Crippen LogP contribution in [0.25, 0.3) is 0 Å². The van der Waals surface area contributed by atoms with E-state index in [0.29, 0.717) is 0 Å². The second kappa shape index (κ2) is 4.31. The monoisotopic (exact) mass is 177 g/mol. The van der Waals surface area contributed by atoms with Gasteiger partial charge in [-0.15, -0.1) is 0 Å². The van der Waals surface area contributed by atoms with Crippen LogP contribution < -0.4 is 5.32 Å². The second-order valence-corrected chi connectivity index (χ2v) is 3.68. The molecule has 0 bridgehead atoms. The SMILES string of the molecule is CCCNc1cc(C)c(C)cc1C. The fourth-order valence-corrected chi connectivity index (χ4v) is 1.41. The number of benzene rings is 1.